The van der Waals surface area contributed by atoms with Gasteiger partial charge in [0.05, 0.1) is 20.3 Å². The maximum Gasteiger partial charge on any atom is 0.508 e. The molecule has 1 atom stereocenters. The van der Waals surface area contributed by atoms with Gasteiger partial charge in [-0.05, 0) is 6.42 Å². The highest BCUT2D eigenvalue weighted by Crippen LogP contribution is 2.13. The van der Waals surface area contributed by atoms with Crippen LogP contribution in [0.1, 0.15) is 110 Å². The van der Waals surface area contributed by atoms with Crippen molar-refractivity contribution >= 4 is 12.2 Å². The number of carbonyl (C=O) groups excluding carboxylic acids is 2. The van der Waals surface area contributed by atoms with Crippen LogP contribution in [-0.4, -0.2) is 51.8 Å². The van der Waals surface area contributed by atoms with Crippen molar-refractivity contribution in [3.05, 3.63) is 30.6 Å². The summed E-state index contributed by atoms with van der Waals surface area (Å²) in [6, 6.07) is 5.79. The predicted molar refractivity (Wildman–Crippen MR) is 154 cm³/mol. The lowest BCUT2D eigenvalue weighted by molar-refractivity contribution is -0.694. The molecule has 0 aromatic carbocycles. The van der Waals surface area contributed by atoms with Gasteiger partial charge in [-0.1, -0.05) is 109 Å². The lowest BCUT2D eigenvalue weighted by Crippen LogP contribution is -2.41. The molecule has 224 valence electrons. The first-order chi connectivity index (χ1) is 19.2. The van der Waals surface area contributed by atoms with Gasteiger partial charge in [0, 0.05) is 18.7 Å². The first kappa shape index (κ1) is 34.7. The SMILES string of the molecule is CCCCCCCCCCCCCCCCCCOC[C@H](COC(=O)OC)OC(=O)NCC[n+]1ccccc1. The predicted octanol–water partition coefficient (Wildman–Crippen LogP) is 7.13. The van der Waals surface area contributed by atoms with E-state index < -0.39 is 18.4 Å². The van der Waals surface area contributed by atoms with Crippen LogP contribution in [0.25, 0.3) is 0 Å². The fourth-order valence-corrected chi connectivity index (χ4v) is 4.37. The number of unbranched alkanes of at least 4 members (excludes halogenated alkanes) is 15. The smallest absolute Gasteiger partial charge is 0.440 e. The maximum absolute atomic E-state index is 12.2. The van der Waals surface area contributed by atoms with E-state index in [1.807, 2.05) is 35.2 Å². The number of rotatable bonds is 25. The van der Waals surface area contributed by atoms with Crippen molar-refractivity contribution in [1.82, 2.24) is 5.32 Å². The molecule has 1 heterocycles. The first-order valence-electron chi connectivity index (χ1n) is 15.3. The summed E-state index contributed by atoms with van der Waals surface area (Å²) in [5.41, 5.74) is 0. The first-order valence-corrected chi connectivity index (χ1v) is 15.3. The fourth-order valence-electron chi connectivity index (χ4n) is 4.37. The minimum atomic E-state index is -0.817. The summed E-state index contributed by atoms with van der Waals surface area (Å²) in [6.45, 7) is 3.94. The van der Waals surface area contributed by atoms with Crippen LogP contribution in [0.3, 0.4) is 0 Å². The summed E-state index contributed by atoms with van der Waals surface area (Å²) < 4.78 is 22.5. The van der Waals surface area contributed by atoms with Gasteiger partial charge in [-0.2, -0.15) is 0 Å². The molecule has 1 aromatic rings. The fraction of sp³-hybridized carbons (Fsp3) is 0.774. The monoisotopic (exact) mass is 551 g/mol. The Kier molecular flexibility index (Phi) is 23.0. The number of aromatic nitrogens is 1. The molecule has 8 heteroatoms. The second-order valence-corrected chi connectivity index (χ2v) is 10.2. The molecule has 0 bridgehead atoms. The quantitative estimate of drug-likeness (QED) is 0.0790. The van der Waals surface area contributed by atoms with Gasteiger partial charge >= 0.3 is 12.2 Å². The average Bonchev–Trinajstić information content (AvgIpc) is 2.95. The van der Waals surface area contributed by atoms with Crippen molar-refractivity contribution in [3.8, 4) is 0 Å². The topological polar surface area (TPSA) is 87.0 Å². The molecule has 0 fully saturated rings. The van der Waals surface area contributed by atoms with E-state index in [2.05, 4.69) is 17.0 Å². The second-order valence-electron chi connectivity index (χ2n) is 10.2. The van der Waals surface area contributed by atoms with E-state index in [-0.39, 0.29) is 13.2 Å². The Bertz CT molecular complexity index is 704. The minimum absolute atomic E-state index is 0.119. The Morgan fingerprint density at radius 1 is 0.744 bits per heavy atom. The molecule has 1 N–H and O–H groups in total. The van der Waals surface area contributed by atoms with Crippen molar-refractivity contribution in [1.29, 1.82) is 0 Å². The number of alkyl carbamates (subject to hydrolysis) is 1. The molecule has 0 aliphatic heterocycles. The largest absolute Gasteiger partial charge is 0.508 e. The summed E-state index contributed by atoms with van der Waals surface area (Å²) in [7, 11) is 1.24. The molecular formula is C31H55N2O6+. The lowest BCUT2D eigenvalue weighted by atomic mass is 10.0. The Morgan fingerprint density at radius 2 is 1.28 bits per heavy atom. The molecule has 0 unspecified atom stereocenters. The molecule has 8 nitrogen and oxygen atoms in total. The molecule has 1 aromatic heterocycles. The maximum atomic E-state index is 12.2. The molecule has 0 aliphatic carbocycles. The van der Waals surface area contributed by atoms with Crippen molar-refractivity contribution < 1.29 is 33.1 Å². The molecular weight excluding hydrogens is 496 g/mol. The van der Waals surface area contributed by atoms with Crippen LogP contribution in [0.4, 0.5) is 9.59 Å². The van der Waals surface area contributed by atoms with Gasteiger partial charge in [-0.25, -0.2) is 14.2 Å². The molecule has 0 radical (unpaired) electrons. The molecule has 1 amide bonds. The van der Waals surface area contributed by atoms with Gasteiger partial charge in [-0.3, -0.25) is 0 Å². The molecule has 1 rings (SSSR count). The third-order valence-electron chi connectivity index (χ3n) is 6.69. The Labute approximate surface area is 237 Å². The third-order valence-corrected chi connectivity index (χ3v) is 6.69. The van der Waals surface area contributed by atoms with E-state index in [0.717, 1.165) is 12.8 Å². The number of hydrogen-bond donors (Lipinski definition) is 1. The summed E-state index contributed by atoms with van der Waals surface area (Å²) >= 11 is 0. The van der Waals surface area contributed by atoms with Crippen LogP contribution < -0.4 is 9.88 Å². The van der Waals surface area contributed by atoms with Gasteiger partial charge in [0.2, 0.25) is 0 Å². The number of amides is 1. The zero-order chi connectivity index (χ0) is 28.2. The lowest BCUT2D eigenvalue weighted by Gasteiger charge is -2.18. The van der Waals surface area contributed by atoms with E-state index in [1.54, 1.807) is 0 Å². The number of methoxy groups -OCH3 is 1. The van der Waals surface area contributed by atoms with Gasteiger partial charge in [0.1, 0.15) is 6.61 Å². The molecule has 0 spiro atoms. The van der Waals surface area contributed by atoms with Gasteiger partial charge in [0.25, 0.3) is 0 Å². The summed E-state index contributed by atoms with van der Waals surface area (Å²) in [4.78, 5) is 23.5. The van der Waals surface area contributed by atoms with Crippen LogP contribution in [0.15, 0.2) is 30.6 Å². The normalized spacial score (nSPS) is 11.6. The Hall–Kier alpha value is -2.35. The van der Waals surface area contributed by atoms with Crippen molar-refractivity contribution in [3.63, 3.8) is 0 Å². The van der Waals surface area contributed by atoms with E-state index in [1.165, 1.54) is 97.0 Å². The van der Waals surface area contributed by atoms with Crippen LogP contribution >= 0.6 is 0 Å². The Morgan fingerprint density at radius 3 is 1.82 bits per heavy atom. The van der Waals surface area contributed by atoms with Gasteiger partial charge in [0.15, 0.2) is 25.0 Å². The van der Waals surface area contributed by atoms with Crippen LogP contribution in [0, 0.1) is 0 Å². The van der Waals surface area contributed by atoms with E-state index in [9.17, 15) is 9.59 Å². The number of ether oxygens (including phenoxy) is 4. The van der Waals surface area contributed by atoms with Gasteiger partial charge < -0.3 is 24.3 Å². The van der Waals surface area contributed by atoms with E-state index in [0.29, 0.717) is 19.7 Å². The number of nitrogens with one attached hydrogen (secondary N) is 1. The van der Waals surface area contributed by atoms with E-state index >= 15 is 0 Å². The van der Waals surface area contributed by atoms with Crippen molar-refractivity contribution in [2.24, 2.45) is 0 Å². The van der Waals surface area contributed by atoms with Crippen molar-refractivity contribution in [2.45, 2.75) is 122 Å². The highest BCUT2D eigenvalue weighted by Gasteiger charge is 2.18. The van der Waals surface area contributed by atoms with E-state index in [4.69, 9.17) is 14.2 Å². The number of pyridine rings is 1. The molecule has 0 aliphatic rings. The standard InChI is InChI=1S/C31H54N2O6/c1-3-4-5-6-7-8-9-10-11-12-13-14-15-16-17-21-26-37-27-29(28-38-31(35)36-2)39-30(34)32-22-25-33-23-19-18-20-24-33/h18-20,23-24,29H,3-17,21-22,25-28H2,1-2H3/p+1/t29-/m1/s1. The second kappa shape index (κ2) is 25.9. The number of hydrogen-bond acceptors (Lipinski definition) is 6. The van der Waals surface area contributed by atoms with Crippen molar-refractivity contribution in [2.75, 3.05) is 33.5 Å². The highest BCUT2D eigenvalue weighted by atomic mass is 16.7. The zero-order valence-electron chi connectivity index (χ0n) is 24.7. The zero-order valence-corrected chi connectivity index (χ0v) is 24.7. The van der Waals surface area contributed by atoms with Crippen LogP contribution in [0.2, 0.25) is 0 Å². The summed E-state index contributed by atoms with van der Waals surface area (Å²) in [5, 5.41) is 2.71. The number of carbonyl (C=O) groups is 2. The third kappa shape index (κ3) is 22.2. The summed E-state index contributed by atoms with van der Waals surface area (Å²) in [6.07, 6.45) is 22.9. The highest BCUT2D eigenvalue weighted by molar-refractivity contribution is 5.67. The molecule has 39 heavy (non-hydrogen) atoms. The Balaban J connectivity index is 2.03. The van der Waals surface area contributed by atoms with Crippen LogP contribution in [0.5, 0.6) is 0 Å². The summed E-state index contributed by atoms with van der Waals surface area (Å²) in [5.74, 6) is 0. The van der Waals surface area contributed by atoms with Crippen LogP contribution in [-0.2, 0) is 25.5 Å². The number of nitrogens with zero attached hydrogens (tertiary/aromatic N) is 1. The van der Waals surface area contributed by atoms with Gasteiger partial charge in [-0.15, -0.1) is 0 Å². The molecule has 0 saturated heterocycles. The molecule has 0 saturated carbocycles. The average molecular weight is 552 g/mol. The minimum Gasteiger partial charge on any atom is -0.440 e.